The fraction of sp³-hybridized carbons (Fsp3) is 0.200. The Balaban J connectivity index is 1.43. The molecule has 4 rings (SSSR count). The zero-order valence-electron chi connectivity index (χ0n) is 16.4. The van der Waals surface area contributed by atoms with Crippen molar-refractivity contribution in [3.05, 3.63) is 95.1 Å². The van der Waals surface area contributed by atoms with Crippen molar-refractivity contribution >= 4 is 11.9 Å². The molecule has 0 saturated heterocycles. The van der Waals surface area contributed by atoms with Crippen LogP contribution in [0, 0.1) is 6.92 Å². The summed E-state index contributed by atoms with van der Waals surface area (Å²) in [5, 5.41) is 0. The van der Waals surface area contributed by atoms with Gasteiger partial charge in [0.25, 0.3) is 5.91 Å². The number of amides is 1. The normalized spacial score (nSPS) is 12.9. The van der Waals surface area contributed by atoms with Crippen molar-refractivity contribution in [2.24, 2.45) is 0 Å². The minimum atomic E-state index is -0.480. The number of aryl methyl sites for hydroxylation is 1. The molecule has 0 bridgehead atoms. The quantitative estimate of drug-likeness (QED) is 0.625. The highest BCUT2D eigenvalue weighted by molar-refractivity contribution is 5.98. The van der Waals surface area contributed by atoms with E-state index in [0.29, 0.717) is 18.7 Å². The topological polar surface area (TPSA) is 46.6 Å². The van der Waals surface area contributed by atoms with Gasteiger partial charge in [-0.1, -0.05) is 72.3 Å². The number of nitrogens with zero attached hydrogens (tertiary/aromatic N) is 1. The molecule has 0 spiro atoms. The minimum absolute atomic E-state index is 0.166. The van der Waals surface area contributed by atoms with E-state index in [2.05, 4.69) is 6.07 Å². The molecule has 1 heterocycles. The van der Waals surface area contributed by atoms with Crippen molar-refractivity contribution in [1.29, 1.82) is 0 Å². The largest absolute Gasteiger partial charge is 0.452 e. The van der Waals surface area contributed by atoms with Crippen LogP contribution < -0.4 is 0 Å². The number of fused-ring (bicyclic) bond motifs is 1. The molecule has 29 heavy (non-hydrogen) atoms. The lowest BCUT2D eigenvalue weighted by Crippen LogP contribution is -2.38. The third-order valence-corrected chi connectivity index (χ3v) is 5.32. The van der Waals surface area contributed by atoms with Crippen LogP contribution in [0.2, 0.25) is 0 Å². The molecule has 0 aliphatic carbocycles. The Hall–Kier alpha value is -3.40. The molecule has 0 N–H and O–H groups in total. The van der Waals surface area contributed by atoms with Gasteiger partial charge in [-0.15, -0.1) is 0 Å². The van der Waals surface area contributed by atoms with Crippen LogP contribution in [0.3, 0.4) is 0 Å². The van der Waals surface area contributed by atoms with Crippen molar-refractivity contribution in [2.75, 3.05) is 13.2 Å². The first-order chi connectivity index (χ1) is 14.1. The molecule has 4 heteroatoms. The molecule has 3 aromatic carbocycles. The maximum Gasteiger partial charge on any atom is 0.339 e. The zero-order chi connectivity index (χ0) is 20.2. The summed E-state index contributed by atoms with van der Waals surface area (Å²) in [4.78, 5) is 27.0. The summed E-state index contributed by atoms with van der Waals surface area (Å²) in [7, 11) is 0. The van der Waals surface area contributed by atoms with Crippen molar-refractivity contribution in [2.45, 2.75) is 19.9 Å². The van der Waals surface area contributed by atoms with Crippen LogP contribution >= 0.6 is 0 Å². The van der Waals surface area contributed by atoms with Crippen LogP contribution in [-0.2, 0) is 22.5 Å². The van der Waals surface area contributed by atoms with Crippen molar-refractivity contribution in [1.82, 2.24) is 4.90 Å². The van der Waals surface area contributed by atoms with Crippen LogP contribution in [0.25, 0.3) is 11.1 Å². The molecule has 0 aromatic heterocycles. The lowest BCUT2D eigenvalue weighted by Gasteiger charge is -2.28. The molecule has 3 aromatic rings. The molecule has 0 radical (unpaired) electrons. The highest BCUT2D eigenvalue weighted by Gasteiger charge is 2.22. The van der Waals surface area contributed by atoms with Crippen molar-refractivity contribution in [3.8, 4) is 11.1 Å². The van der Waals surface area contributed by atoms with E-state index in [4.69, 9.17) is 4.74 Å². The summed E-state index contributed by atoms with van der Waals surface area (Å²) in [6, 6.07) is 23.4. The van der Waals surface area contributed by atoms with Crippen LogP contribution in [0.15, 0.2) is 72.8 Å². The summed E-state index contributed by atoms with van der Waals surface area (Å²) >= 11 is 0. The first-order valence-corrected chi connectivity index (χ1v) is 9.79. The number of ether oxygens (including phenoxy) is 1. The van der Waals surface area contributed by atoms with Gasteiger partial charge >= 0.3 is 5.97 Å². The molecule has 1 amide bonds. The molecule has 1 aliphatic rings. The summed E-state index contributed by atoms with van der Waals surface area (Å²) < 4.78 is 5.39. The van der Waals surface area contributed by atoms with E-state index in [-0.39, 0.29) is 12.5 Å². The van der Waals surface area contributed by atoms with Gasteiger partial charge in [-0.25, -0.2) is 4.79 Å². The van der Waals surface area contributed by atoms with Crippen molar-refractivity contribution < 1.29 is 14.3 Å². The first-order valence-electron chi connectivity index (χ1n) is 9.79. The standard InChI is InChI=1S/C25H23NO3/c1-18-10-12-20(13-11-18)22-8-4-5-9-23(22)25(28)29-17-24(27)26-15-14-19-6-2-3-7-21(19)16-26/h2-13H,14-17H2,1H3. The molecule has 0 atom stereocenters. The maximum absolute atomic E-state index is 12.7. The first kappa shape index (κ1) is 18.9. The molecular weight excluding hydrogens is 362 g/mol. The average molecular weight is 385 g/mol. The second kappa shape index (κ2) is 8.31. The Bertz CT molecular complexity index is 1040. The van der Waals surface area contributed by atoms with E-state index in [1.165, 1.54) is 5.56 Å². The lowest BCUT2D eigenvalue weighted by molar-refractivity contribution is -0.135. The Labute approximate surface area is 170 Å². The van der Waals surface area contributed by atoms with Gasteiger partial charge in [0.05, 0.1) is 5.56 Å². The Morgan fingerprint density at radius 3 is 2.38 bits per heavy atom. The molecule has 146 valence electrons. The second-order valence-corrected chi connectivity index (χ2v) is 7.32. The maximum atomic E-state index is 12.7. The fourth-order valence-corrected chi connectivity index (χ4v) is 3.65. The number of carbonyl (C=O) groups excluding carboxylic acids is 2. The van der Waals surface area contributed by atoms with E-state index in [9.17, 15) is 9.59 Å². The van der Waals surface area contributed by atoms with Crippen LogP contribution in [-0.4, -0.2) is 29.9 Å². The third-order valence-electron chi connectivity index (χ3n) is 5.32. The highest BCUT2D eigenvalue weighted by Crippen LogP contribution is 2.25. The third kappa shape index (κ3) is 4.21. The van der Waals surface area contributed by atoms with Gasteiger partial charge in [0.2, 0.25) is 0 Å². The fourth-order valence-electron chi connectivity index (χ4n) is 3.65. The smallest absolute Gasteiger partial charge is 0.339 e. The van der Waals surface area contributed by atoms with E-state index in [1.54, 1.807) is 17.0 Å². The van der Waals surface area contributed by atoms with E-state index in [1.807, 2.05) is 61.5 Å². The van der Waals surface area contributed by atoms with Gasteiger partial charge in [0.15, 0.2) is 6.61 Å². The SMILES string of the molecule is Cc1ccc(-c2ccccc2C(=O)OCC(=O)N2CCc3ccccc3C2)cc1. The van der Waals surface area contributed by atoms with Crippen molar-refractivity contribution in [3.63, 3.8) is 0 Å². The molecule has 0 fully saturated rings. The van der Waals surface area contributed by atoms with Crippen LogP contribution in [0.4, 0.5) is 0 Å². The lowest BCUT2D eigenvalue weighted by atomic mass is 9.99. The molecule has 0 unspecified atom stereocenters. The second-order valence-electron chi connectivity index (χ2n) is 7.32. The predicted molar refractivity (Wildman–Crippen MR) is 112 cm³/mol. The van der Waals surface area contributed by atoms with E-state index >= 15 is 0 Å². The Morgan fingerprint density at radius 1 is 0.897 bits per heavy atom. The van der Waals surface area contributed by atoms with Gasteiger partial charge in [0.1, 0.15) is 0 Å². The summed E-state index contributed by atoms with van der Waals surface area (Å²) in [6.07, 6.45) is 0.826. The molecular formula is C25H23NO3. The number of benzene rings is 3. The van der Waals surface area contributed by atoms with Crippen LogP contribution in [0.1, 0.15) is 27.0 Å². The van der Waals surface area contributed by atoms with Gasteiger partial charge in [-0.05, 0) is 41.7 Å². The highest BCUT2D eigenvalue weighted by atomic mass is 16.5. The average Bonchev–Trinajstić information content (AvgIpc) is 2.77. The number of hydrogen-bond donors (Lipinski definition) is 0. The Morgan fingerprint density at radius 2 is 1.59 bits per heavy atom. The number of carbonyl (C=O) groups is 2. The number of hydrogen-bond acceptors (Lipinski definition) is 3. The monoisotopic (exact) mass is 385 g/mol. The number of esters is 1. The van der Waals surface area contributed by atoms with Crippen LogP contribution in [0.5, 0.6) is 0 Å². The van der Waals surface area contributed by atoms with Gasteiger partial charge in [-0.2, -0.15) is 0 Å². The Kier molecular flexibility index (Phi) is 5.43. The zero-order valence-corrected chi connectivity index (χ0v) is 16.4. The molecule has 0 saturated carbocycles. The van der Waals surface area contributed by atoms with Gasteiger partial charge in [-0.3, -0.25) is 4.79 Å². The predicted octanol–water partition coefficient (Wildman–Crippen LogP) is 4.40. The number of rotatable bonds is 4. The summed E-state index contributed by atoms with van der Waals surface area (Å²) in [5.74, 6) is -0.646. The van der Waals surface area contributed by atoms with E-state index < -0.39 is 5.97 Å². The van der Waals surface area contributed by atoms with Gasteiger partial charge in [0, 0.05) is 13.1 Å². The summed E-state index contributed by atoms with van der Waals surface area (Å²) in [5.41, 5.74) is 5.80. The molecule has 1 aliphatic heterocycles. The van der Waals surface area contributed by atoms with E-state index in [0.717, 1.165) is 28.7 Å². The van der Waals surface area contributed by atoms with Gasteiger partial charge < -0.3 is 9.64 Å². The minimum Gasteiger partial charge on any atom is -0.452 e. The molecule has 4 nitrogen and oxygen atoms in total. The summed E-state index contributed by atoms with van der Waals surface area (Å²) in [6.45, 7) is 2.98.